The molecule has 0 atom stereocenters. The maximum Gasteiger partial charge on any atom is 0.304 e. The van der Waals surface area contributed by atoms with Crippen LogP contribution in [0.3, 0.4) is 0 Å². The lowest BCUT2D eigenvalue weighted by Crippen LogP contribution is -2.17. The molecule has 0 saturated heterocycles. The minimum Gasteiger partial charge on any atom is -0.489 e. The van der Waals surface area contributed by atoms with Crippen LogP contribution >= 0.6 is 11.6 Å². The maximum absolute atomic E-state index is 10.5. The summed E-state index contributed by atoms with van der Waals surface area (Å²) in [7, 11) is 0. The van der Waals surface area contributed by atoms with E-state index in [1.165, 1.54) is 37.7 Å². The van der Waals surface area contributed by atoms with Crippen LogP contribution in [0.25, 0.3) is 6.08 Å². The maximum atomic E-state index is 10.5. The van der Waals surface area contributed by atoms with Crippen LogP contribution in [-0.2, 0) is 11.4 Å². The van der Waals surface area contributed by atoms with E-state index >= 15 is 0 Å². The second-order valence-electron chi connectivity index (χ2n) is 7.80. The van der Waals surface area contributed by atoms with Gasteiger partial charge in [0.2, 0.25) is 0 Å². The minimum absolute atomic E-state index is 0.115. The number of carbonyl (C=O) groups is 1. The highest BCUT2D eigenvalue weighted by molar-refractivity contribution is 6.32. The fourth-order valence-corrected chi connectivity index (χ4v) is 4.02. The molecule has 1 fully saturated rings. The fraction of sp³-hybridized carbons (Fsp3) is 0.400. The van der Waals surface area contributed by atoms with Gasteiger partial charge in [0, 0.05) is 13.1 Å². The molecular formula is C25H30ClNO3. The molecule has 0 heterocycles. The normalized spacial score (nSPS) is 14.8. The van der Waals surface area contributed by atoms with Gasteiger partial charge in [0.1, 0.15) is 12.4 Å². The van der Waals surface area contributed by atoms with Crippen molar-refractivity contribution in [3.63, 3.8) is 0 Å². The van der Waals surface area contributed by atoms with Crippen molar-refractivity contribution < 1.29 is 14.6 Å². The van der Waals surface area contributed by atoms with E-state index in [1.54, 1.807) is 0 Å². The van der Waals surface area contributed by atoms with Crippen LogP contribution < -0.4 is 10.1 Å². The first-order valence-electron chi connectivity index (χ1n) is 10.7. The third-order valence-corrected chi connectivity index (χ3v) is 5.84. The molecule has 0 spiro atoms. The van der Waals surface area contributed by atoms with Gasteiger partial charge in [-0.05, 0) is 53.6 Å². The van der Waals surface area contributed by atoms with Gasteiger partial charge in [-0.15, -0.1) is 0 Å². The summed E-state index contributed by atoms with van der Waals surface area (Å²) in [6.45, 7) is 1.56. The van der Waals surface area contributed by atoms with Crippen LogP contribution in [0.1, 0.15) is 61.1 Å². The first-order valence-corrected chi connectivity index (χ1v) is 11.1. The zero-order valence-electron chi connectivity index (χ0n) is 17.3. The molecule has 0 radical (unpaired) electrons. The van der Waals surface area contributed by atoms with Gasteiger partial charge in [0.15, 0.2) is 0 Å². The van der Waals surface area contributed by atoms with Crippen molar-refractivity contribution >= 4 is 23.6 Å². The smallest absolute Gasteiger partial charge is 0.304 e. The number of benzene rings is 2. The monoisotopic (exact) mass is 427 g/mol. The highest BCUT2D eigenvalue weighted by Crippen LogP contribution is 2.32. The third kappa shape index (κ3) is 7.19. The van der Waals surface area contributed by atoms with E-state index in [0.29, 0.717) is 24.7 Å². The molecule has 1 saturated carbocycles. The van der Waals surface area contributed by atoms with Crippen LogP contribution in [0.15, 0.2) is 48.5 Å². The van der Waals surface area contributed by atoms with Gasteiger partial charge in [-0.2, -0.15) is 0 Å². The fourth-order valence-electron chi connectivity index (χ4n) is 3.79. The Balaban J connectivity index is 1.46. The number of hydrogen-bond donors (Lipinski definition) is 2. The Morgan fingerprint density at radius 1 is 1.13 bits per heavy atom. The molecular weight excluding hydrogens is 398 g/mol. The van der Waals surface area contributed by atoms with Gasteiger partial charge in [0.25, 0.3) is 0 Å². The van der Waals surface area contributed by atoms with Crippen LogP contribution in [0.4, 0.5) is 0 Å². The lowest BCUT2D eigenvalue weighted by molar-refractivity contribution is -0.136. The Hall–Kier alpha value is -2.30. The molecule has 2 aromatic carbocycles. The number of rotatable bonds is 10. The molecule has 2 N–H and O–H groups in total. The zero-order valence-corrected chi connectivity index (χ0v) is 18.0. The average Bonchev–Trinajstić information content (AvgIpc) is 2.76. The van der Waals surface area contributed by atoms with Crippen LogP contribution in [-0.4, -0.2) is 24.2 Å². The number of nitrogens with one attached hydrogen (secondary N) is 1. The van der Waals surface area contributed by atoms with Gasteiger partial charge in [-0.3, -0.25) is 4.79 Å². The summed E-state index contributed by atoms with van der Waals surface area (Å²) in [4.78, 5) is 10.5. The van der Waals surface area contributed by atoms with E-state index in [1.807, 2.05) is 30.4 Å². The van der Waals surface area contributed by atoms with Gasteiger partial charge in [0.05, 0.1) is 11.4 Å². The second kappa shape index (κ2) is 11.8. The molecule has 0 aromatic heterocycles. The third-order valence-electron chi connectivity index (χ3n) is 5.51. The van der Waals surface area contributed by atoms with Crippen molar-refractivity contribution in [2.24, 2.45) is 0 Å². The van der Waals surface area contributed by atoms with Gasteiger partial charge >= 0.3 is 5.97 Å². The summed E-state index contributed by atoms with van der Waals surface area (Å²) in [5.41, 5.74) is 3.51. The number of ether oxygens (including phenoxy) is 1. The highest BCUT2D eigenvalue weighted by Gasteiger charge is 2.15. The van der Waals surface area contributed by atoms with Gasteiger partial charge < -0.3 is 15.2 Å². The molecule has 0 bridgehead atoms. The first kappa shape index (κ1) is 22.4. The molecule has 160 valence electrons. The molecule has 1 aliphatic carbocycles. The Morgan fingerprint density at radius 2 is 1.90 bits per heavy atom. The highest BCUT2D eigenvalue weighted by atomic mass is 35.5. The molecule has 0 aliphatic heterocycles. The van der Waals surface area contributed by atoms with Crippen molar-refractivity contribution in [3.05, 3.63) is 70.3 Å². The van der Waals surface area contributed by atoms with E-state index in [9.17, 15) is 4.79 Å². The first-order chi connectivity index (χ1) is 14.6. The van der Waals surface area contributed by atoms with Crippen molar-refractivity contribution in [1.82, 2.24) is 5.32 Å². The van der Waals surface area contributed by atoms with Crippen molar-refractivity contribution in [1.29, 1.82) is 0 Å². The molecule has 2 aromatic rings. The molecule has 4 nitrogen and oxygen atoms in total. The number of halogens is 1. The van der Waals surface area contributed by atoms with Crippen molar-refractivity contribution in [2.45, 2.75) is 51.0 Å². The largest absolute Gasteiger partial charge is 0.489 e. The Labute approximate surface area is 183 Å². The quantitative estimate of drug-likeness (QED) is 0.453. The van der Waals surface area contributed by atoms with Gasteiger partial charge in [-0.1, -0.05) is 67.3 Å². The van der Waals surface area contributed by atoms with Crippen molar-refractivity contribution in [3.8, 4) is 5.75 Å². The van der Waals surface area contributed by atoms with E-state index < -0.39 is 5.97 Å². The van der Waals surface area contributed by atoms with E-state index in [4.69, 9.17) is 21.4 Å². The van der Waals surface area contributed by atoms with Crippen LogP contribution in [0, 0.1) is 0 Å². The summed E-state index contributed by atoms with van der Waals surface area (Å²) >= 11 is 6.37. The summed E-state index contributed by atoms with van der Waals surface area (Å²) in [5.74, 6) is 0.666. The Morgan fingerprint density at radius 3 is 2.60 bits per heavy atom. The minimum atomic E-state index is -0.801. The molecule has 0 amide bonds. The summed E-state index contributed by atoms with van der Waals surface area (Å²) in [6.07, 6.45) is 10.7. The zero-order chi connectivity index (χ0) is 21.2. The Kier molecular flexibility index (Phi) is 8.79. The number of aliphatic carboxylic acids is 1. The predicted octanol–water partition coefficient (Wildman–Crippen LogP) is 6.04. The van der Waals surface area contributed by atoms with Crippen molar-refractivity contribution in [2.75, 3.05) is 13.1 Å². The molecule has 3 rings (SSSR count). The Bertz CT molecular complexity index is 842. The van der Waals surface area contributed by atoms with Gasteiger partial charge in [-0.25, -0.2) is 0 Å². The number of carboxylic acids is 1. The van der Waals surface area contributed by atoms with E-state index in [0.717, 1.165) is 22.8 Å². The van der Waals surface area contributed by atoms with Crippen LogP contribution in [0.5, 0.6) is 5.75 Å². The summed E-state index contributed by atoms with van der Waals surface area (Å²) < 4.78 is 5.92. The molecule has 30 heavy (non-hydrogen) atoms. The van der Waals surface area contributed by atoms with E-state index in [-0.39, 0.29) is 6.42 Å². The summed E-state index contributed by atoms with van der Waals surface area (Å²) in [5, 5.41) is 12.3. The topological polar surface area (TPSA) is 58.6 Å². The average molecular weight is 428 g/mol. The molecule has 1 aliphatic rings. The standard InChI is InChI=1S/C25H30ClNO3/c26-24-17-23(13-12-22(24)7-4-15-27-16-14-25(28)29)30-18-19-8-10-21(11-9-19)20-5-2-1-3-6-20/h4,7-13,17,20,27H,1-3,5-6,14-16,18H2,(H,28,29). The lowest BCUT2D eigenvalue weighted by atomic mass is 9.84. The SMILES string of the molecule is O=C(O)CCNCC=Cc1ccc(OCc2ccc(C3CCCCC3)cc2)cc1Cl. The summed E-state index contributed by atoms with van der Waals surface area (Å²) in [6, 6.07) is 14.5. The molecule has 5 heteroatoms. The van der Waals surface area contributed by atoms with E-state index in [2.05, 4.69) is 29.6 Å². The number of carboxylic acid groups (broad SMARTS) is 1. The second-order valence-corrected chi connectivity index (χ2v) is 8.21. The predicted molar refractivity (Wildman–Crippen MR) is 122 cm³/mol. The van der Waals surface area contributed by atoms with Crippen LogP contribution in [0.2, 0.25) is 5.02 Å². The number of hydrogen-bond acceptors (Lipinski definition) is 3. The lowest BCUT2D eigenvalue weighted by Gasteiger charge is -2.22. The molecule has 0 unspecified atom stereocenters.